The number of carbonyl (C=O) groups excluding carboxylic acids is 1. The lowest BCUT2D eigenvalue weighted by Crippen LogP contribution is -2.12. The number of para-hydroxylation sites is 1. The number of ether oxygens (including phenoxy) is 2. The molecule has 27 heavy (non-hydrogen) atoms. The van der Waals surface area contributed by atoms with Crippen molar-refractivity contribution in [1.82, 2.24) is 0 Å². The number of aryl methyl sites for hydroxylation is 2. The van der Waals surface area contributed by atoms with Crippen molar-refractivity contribution >= 4 is 16.9 Å². The average Bonchev–Trinajstić information content (AvgIpc) is 2.65. The first-order valence-corrected chi connectivity index (χ1v) is 9.05. The molecule has 0 N–H and O–H groups in total. The minimum absolute atomic E-state index is 0.347. The third-order valence-corrected chi connectivity index (χ3v) is 4.33. The van der Waals surface area contributed by atoms with Crippen LogP contribution in [0, 0.1) is 6.92 Å². The van der Waals surface area contributed by atoms with Crippen LogP contribution in [-0.2, 0) is 6.42 Å². The molecule has 0 saturated carbocycles. The fourth-order valence-electron chi connectivity index (χ4n) is 3.07. The van der Waals surface area contributed by atoms with E-state index in [2.05, 4.69) is 6.92 Å². The van der Waals surface area contributed by atoms with Crippen LogP contribution in [0.4, 0.5) is 0 Å². The largest absolute Gasteiger partial charge is 0.493 e. The number of hydrogen-bond donors (Lipinski definition) is 0. The first kappa shape index (κ1) is 18.7. The van der Waals surface area contributed by atoms with E-state index >= 15 is 0 Å². The molecule has 5 heteroatoms. The van der Waals surface area contributed by atoms with E-state index in [4.69, 9.17) is 13.9 Å². The lowest BCUT2D eigenvalue weighted by atomic mass is 10.0. The maximum atomic E-state index is 12.6. The molecule has 5 nitrogen and oxygen atoms in total. The molecule has 140 valence electrons. The molecule has 0 atom stereocenters. The minimum Gasteiger partial charge on any atom is -0.493 e. The summed E-state index contributed by atoms with van der Waals surface area (Å²) in [6.07, 6.45) is 1.70. The topological polar surface area (TPSA) is 65.7 Å². The normalized spacial score (nSPS) is 10.8. The second-order valence-electron chi connectivity index (χ2n) is 6.22. The highest BCUT2D eigenvalue weighted by molar-refractivity contribution is 5.95. The summed E-state index contributed by atoms with van der Waals surface area (Å²) in [6, 6.07) is 12.0. The van der Waals surface area contributed by atoms with Gasteiger partial charge in [0.2, 0.25) is 0 Å². The molecule has 0 amide bonds. The summed E-state index contributed by atoms with van der Waals surface area (Å²) in [6.45, 7) is 6.13. The SMILES string of the molecule is CCCc1cc(=O)oc2c(C)c(OC(=O)c3ccccc3OCC)ccc12. The van der Waals surface area contributed by atoms with Gasteiger partial charge in [0.05, 0.1) is 6.61 Å². The highest BCUT2D eigenvalue weighted by Crippen LogP contribution is 2.30. The van der Waals surface area contributed by atoms with E-state index in [0.717, 1.165) is 23.8 Å². The van der Waals surface area contributed by atoms with Crippen LogP contribution in [0.5, 0.6) is 11.5 Å². The molecular formula is C22H22O5. The van der Waals surface area contributed by atoms with Gasteiger partial charge in [-0.25, -0.2) is 9.59 Å². The Labute approximate surface area is 157 Å². The van der Waals surface area contributed by atoms with Gasteiger partial charge in [-0.15, -0.1) is 0 Å². The molecule has 2 aromatic carbocycles. The second-order valence-corrected chi connectivity index (χ2v) is 6.22. The Morgan fingerprint density at radius 2 is 1.85 bits per heavy atom. The molecule has 0 spiro atoms. The van der Waals surface area contributed by atoms with Crippen molar-refractivity contribution in [2.45, 2.75) is 33.6 Å². The summed E-state index contributed by atoms with van der Waals surface area (Å²) in [7, 11) is 0. The molecule has 0 aliphatic rings. The molecule has 0 aliphatic carbocycles. The third-order valence-electron chi connectivity index (χ3n) is 4.33. The Balaban J connectivity index is 2.00. The highest BCUT2D eigenvalue weighted by atomic mass is 16.5. The maximum Gasteiger partial charge on any atom is 0.347 e. The molecule has 1 aromatic heterocycles. The molecule has 0 aliphatic heterocycles. The highest BCUT2D eigenvalue weighted by Gasteiger charge is 2.18. The minimum atomic E-state index is -0.520. The summed E-state index contributed by atoms with van der Waals surface area (Å²) in [5, 5.41) is 0.864. The predicted molar refractivity (Wildman–Crippen MR) is 104 cm³/mol. The summed E-state index contributed by atoms with van der Waals surface area (Å²) in [5.74, 6) is 0.310. The molecule has 0 unspecified atom stereocenters. The Bertz CT molecular complexity index is 1030. The second kappa shape index (κ2) is 8.08. The quantitative estimate of drug-likeness (QED) is 0.360. The van der Waals surface area contributed by atoms with Crippen molar-refractivity contribution < 1.29 is 18.7 Å². The molecule has 0 fully saturated rings. The van der Waals surface area contributed by atoms with Crippen molar-refractivity contribution in [1.29, 1.82) is 0 Å². The number of benzene rings is 2. The fourth-order valence-corrected chi connectivity index (χ4v) is 3.07. The van der Waals surface area contributed by atoms with E-state index < -0.39 is 11.6 Å². The van der Waals surface area contributed by atoms with Crippen molar-refractivity contribution in [3.63, 3.8) is 0 Å². The van der Waals surface area contributed by atoms with Crippen LogP contribution >= 0.6 is 0 Å². The lowest BCUT2D eigenvalue weighted by Gasteiger charge is -2.13. The first-order valence-electron chi connectivity index (χ1n) is 9.05. The monoisotopic (exact) mass is 366 g/mol. The number of fused-ring (bicyclic) bond motifs is 1. The molecular weight excluding hydrogens is 344 g/mol. The molecule has 3 aromatic rings. The van der Waals surface area contributed by atoms with Gasteiger partial charge in [0.25, 0.3) is 0 Å². The first-order chi connectivity index (χ1) is 13.0. The smallest absolute Gasteiger partial charge is 0.347 e. The van der Waals surface area contributed by atoms with Gasteiger partial charge in [-0.3, -0.25) is 0 Å². The summed E-state index contributed by atoms with van der Waals surface area (Å²) < 4.78 is 16.5. The molecule has 3 rings (SSSR count). The number of hydrogen-bond acceptors (Lipinski definition) is 5. The van der Waals surface area contributed by atoms with Crippen molar-refractivity contribution in [3.8, 4) is 11.5 Å². The van der Waals surface area contributed by atoms with Gasteiger partial charge >= 0.3 is 11.6 Å². The van der Waals surface area contributed by atoms with Crippen molar-refractivity contribution in [2.24, 2.45) is 0 Å². The average molecular weight is 366 g/mol. The summed E-state index contributed by atoms with van der Waals surface area (Å²) in [4.78, 5) is 24.6. The van der Waals surface area contributed by atoms with Crippen molar-refractivity contribution in [2.75, 3.05) is 6.61 Å². The number of esters is 1. The predicted octanol–water partition coefficient (Wildman–Crippen LogP) is 4.67. The van der Waals surface area contributed by atoms with E-state index in [0.29, 0.717) is 34.8 Å². The zero-order chi connectivity index (χ0) is 19.4. The van der Waals surface area contributed by atoms with Crippen LogP contribution in [-0.4, -0.2) is 12.6 Å². The van der Waals surface area contributed by atoms with Gasteiger partial charge in [0.15, 0.2) is 0 Å². The Morgan fingerprint density at radius 3 is 2.59 bits per heavy atom. The van der Waals surface area contributed by atoms with Gasteiger partial charge < -0.3 is 13.9 Å². The van der Waals surface area contributed by atoms with Gasteiger partial charge in [-0.1, -0.05) is 25.5 Å². The van der Waals surface area contributed by atoms with E-state index in [1.54, 1.807) is 37.3 Å². The van der Waals surface area contributed by atoms with E-state index in [-0.39, 0.29) is 0 Å². The zero-order valence-corrected chi connectivity index (χ0v) is 15.7. The van der Waals surface area contributed by atoms with E-state index in [1.165, 1.54) is 6.07 Å². The van der Waals surface area contributed by atoms with Crippen LogP contribution in [0.2, 0.25) is 0 Å². The van der Waals surface area contributed by atoms with Gasteiger partial charge in [-0.2, -0.15) is 0 Å². The van der Waals surface area contributed by atoms with Gasteiger partial charge in [0.1, 0.15) is 22.6 Å². The fraction of sp³-hybridized carbons (Fsp3) is 0.273. The van der Waals surface area contributed by atoms with Crippen LogP contribution < -0.4 is 15.1 Å². The Hall–Kier alpha value is -3.08. The van der Waals surface area contributed by atoms with Gasteiger partial charge in [-0.05, 0) is 50.1 Å². The lowest BCUT2D eigenvalue weighted by molar-refractivity contribution is 0.0729. The maximum absolute atomic E-state index is 12.6. The van der Waals surface area contributed by atoms with Crippen molar-refractivity contribution in [3.05, 3.63) is 69.6 Å². The number of carbonyl (C=O) groups is 1. The van der Waals surface area contributed by atoms with E-state index in [1.807, 2.05) is 13.0 Å². The van der Waals surface area contributed by atoms with E-state index in [9.17, 15) is 9.59 Å². The molecule has 0 radical (unpaired) electrons. The Kier molecular flexibility index (Phi) is 5.60. The third kappa shape index (κ3) is 3.87. The standard InChI is InChI=1S/C22H22O5/c1-4-8-15-13-20(23)27-21-14(3)18(12-11-16(15)21)26-22(24)17-9-6-7-10-19(17)25-5-2/h6-7,9-13H,4-5,8H2,1-3H3. The summed E-state index contributed by atoms with van der Waals surface area (Å²) in [5.41, 5.74) is 1.95. The van der Waals surface area contributed by atoms with Crippen LogP contribution in [0.25, 0.3) is 11.0 Å². The summed E-state index contributed by atoms with van der Waals surface area (Å²) >= 11 is 0. The van der Waals surface area contributed by atoms with Crippen LogP contribution in [0.1, 0.15) is 41.8 Å². The number of rotatable bonds is 6. The van der Waals surface area contributed by atoms with Crippen LogP contribution in [0.3, 0.4) is 0 Å². The Morgan fingerprint density at radius 1 is 1.07 bits per heavy atom. The zero-order valence-electron chi connectivity index (χ0n) is 15.7. The molecule has 0 saturated heterocycles. The van der Waals surface area contributed by atoms with Gasteiger partial charge in [0, 0.05) is 17.0 Å². The molecule has 1 heterocycles. The van der Waals surface area contributed by atoms with Crippen LogP contribution in [0.15, 0.2) is 51.7 Å². The molecule has 0 bridgehead atoms.